The Morgan fingerprint density at radius 3 is 0.717 bits per heavy atom. The Labute approximate surface area is 305 Å². The smallest absolute Gasteiger partial charge is 0.0464 e. The SMILES string of the molecule is c1ccc2cc3cc4cc5cc6c(Nc7cccc8cc9cc%10cc%11cc%12ccccc%12cc%11cc%10cc9cc78)cccc6cc5cc4cc3cc2c1. The maximum absolute atomic E-state index is 3.88. The highest BCUT2D eigenvalue weighted by Gasteiger charge is 2.11. The summed E-state index contributed by atoms with van der Waals surface area (Å²) in [6.07, 6.45) is 0. The number of benzene rings is 12. The Hall–Kier alpha value is -6.96. The molecule has 0 bridgehead atoms. The topological polar surface area (TPSA) is 12.0 Å². The van der Waals surface area contributed by atoms with Crippen molar-refractivity contribution in [1.82, 2.24) is 0 Å². The summed E-state index contributed by atoms with van der Waals surface area (Å²) in [6, 6.07) is 67.9. The van der Waals surface area contributed by atoms with E-state index >= 15 is 0 Å². The summed E-state index contributed by atoms with van der Waals surface area (Å²) in [6.45, 7) is 0. The van der Waals surface area contributed by atoms with Gasteiger partial charge in [-0.25, -0.2) is 0 Å². The lowest BCUT2D eigenvalue weighted by Gasteiger charge is -2.15. The summed E-state index contributed by atoms with van der Waals surface area (Å²) in [7, 11) is 0. The number of anilines is 2. The second-order valence-electron chi connectivity index (χ2n) is 14.8. The third-order valence-electron chi connectivity index (χ3n) is 11.5. The van der Waals surface area contributed by atoms with Gasteiger partial charge in [0.2, 0.25) is 0 Å². The summed E-state index contributed by atoms with van der Waals surface area (Å²) < 4.78 is 0. The molecule has 244 valence electrons. The van der Waals surface area contributed by atoms with E-state index in [1.807, 2.05) is 0 Å². The lowest BCUT2D eigenvalue weighted by Crippen LogP contribution is -1.93. The van der Waals surface area contributed by atoms with Gasteiger partial charge >= 0.3 is 0 Å². The second-order valence-corrected chi connectivity index (χ2v) is 14.8. The highest BCUT2D eigenvalue weighted by Crippen LogP contribution is 2.38. The largest absolute Gasteiger partial charge is 0.355 e. The Morgan fingerprint density at radius 2 is 0.415 bits per heavy atom. The first-order valence-corrected chi connectivity index (χ1v) is 18.4. The molecule has 0 fully saturated rings. The van der Waals surface area contributed by atoms with Gasteiger partial charge in [-0.05, 0) is 206 Å². The van der Waals surface area contributed by atoms with Crippen LogP contribution in [-0.2, 0) is 0 Å². The molecule has 1 nitrogen and oxygen atoms in total. The lowest BCUT2D eigenvalue weighted by atomic mass is 9.95. The Morgan fingerprint density at radius 1 is 0.189 bits per heavy atom. The van der Waals surface area contributed by atoms with Crippen molar-refractivity contribution >= 4 is 119 Å². The van der Waals surface area contributed by atoms with Gasteiger partial charge in [0.05, 0.1) is 0 Å². The molecule has 0 aliphatic rings. The molecule has 0 spiro atoms. The second kappa shape index (κ2) is 10.8. The first-order chi connectivity index (χ1) is 26.1. The molecule has 0 aliphatic heterocycles. The van der Waals surface area contributed by atoms with Gasteiger partial charge in [0.25, 0.3) is 0 Å². The summed E-state index contributed by atoms with van der Waals surface area (Å²) in [4.78, 5) is 0. The van der Waals surface area contributed by atoms with Crippen molar-refractivity contribution in [3.05, 3.63) is 182 Å². The molecule has 53 heavy (non-hydrogen) atoms. The van der Waals surface area contributed by atoms with E-state index < -0.39 is 0 Å². The Balaban J connectivity index is 0.975. The van der Waals surface area contributed by atoms with Gasteiger partial charge in [0.15, 0.2) is 0 Å². The van der Waals surface area contributed by atoms with E-state index in [-0.39, 0.29) is 0 Å². The highest BCUT2D eigenvalue weighted by atomic mass is 14.9. The van der Waals surface area contributed by atoms with E-state index in [1.165, 1.54) is 108 Å². The van der Waals surface area contributed by atoms with Crippen LogP contribution in [0.25, 0.3) is 108 Å². The monoisotopic (exact) mass is 669 g/mol. The van der Waals surface area contributed by atoms with E-state index in [2.05, 4.69) is 187 Å². The number of rotatable bonds is 2. The molecule has 1 N–H and O–H groups in total. The molecule has 0 unspecified atom stereocenters. The van der Waals surface area contributed by atoms with Gasteiger partial charge in [-0.15, -0.1) is 0 Å². The van der Waals surface area contributed by atoms with Crippen molar-refractivity contribution in [3.63, 3.8) is 0 Å². The normalized spacial score (nSPS) is 12.2. The molecule has 0 saturated carbocycles. The fraction of sp³-hybridized carbons (Fsp3) is 0. The fourth-order valence-corrected chi connectivity index (χ4v) is 8.81. The highest BCUT2D eigenvalue weighted by molar-refractivity contribution is 6.14. The van der Waals surface area contributed by atoms with Gasteiger partial charge in [0, 0.05) is 22.1 Å². The maximum atomic E-state index is 3.88. The van der Waals surface area contributed by atoms with Crippen molar-refractivity contribution in [3.8, 4) is 0 Å². The standard InChI is InChI=1S/C52H31N/c1-3-9-33-17-39-23-45-27-47-29-49-35(19-41(47)25-43(45)21-37(39)15-31(33)7-1)11-5-13-51(49)53-52-14-6-12-36-20-42-26-44-22-38-16-32-8-2-4-10-34(32)18-40(38)24-46(44)28-48(42)30-50(36)52/h1-30,53H. The van der Waals surface area contributed by atoms with Crippen molar-refractivity contribution in [2.75, 3.05) is 5.32 Å². The molecule has 0 heterocycles. The fourth-order valence-electron chi connectivity index (χ4n) is 8.81. The van der Waals surface area contributed by atoms with Crippen LogP contribution in [0.2, 0.25) is 0 Å². The van der Waals surface area contributed by atoms with Crippen LogP contribution in [0.1, 0.15) is 0 Å². The molecule has 12 aromatic rings. The zero-order chi connectivity index (χ0) is 34.6. The number of hydrogen-bond donors (Lipinski definition) is 1. The van der Waals surface area contributed by atoms with Crippen molar-refractivity contribution in [2.45, 2.75) is 0 Å². The zero-order valence-electron chi connectivity index (χ0n) is 28.8. The molecule has 1 heteroatoms. The lowest BCUT2D eigenvalue weighted by molar-refractivity contribution is 1.62. The Kier molecular flexibility index (Phi) is 5.84. The molecule has 0 aliphatic carbocycles. The van der Waals surface area contributed by atoms with Crippen LogP contribution < -0.4 is 5.32 Å². The molecule has 12 aromatic carbocycles. The minimum Gasteiger partial charge on any atom is -0.355 e. The first-order valence-electron chi connectivity index (χ1n) is 18.4. The quantitative estimate of drug-likeness (QED) is 0.181. The average molecular weight is 670 g/mol. The number of hydrogen-bond acceptors (Lipinski definition) is 1. The van der Waals surface area contributed by atoms with Crippen LogP contribution in [0.4, 0.5) is 11.4 Å². The van der Waals surface area contributed by atoms with E-state index in [4.69, 9.17) is 0 Å². The van der Waals surface area contributed by atoms with Crippen molar-refractivity contribution < 1.29 is 0 Å². The van der Waals surface area contributed by atoms with Crippen LogP contribution in [-0.4, -0.2) is 0 Å². The molecule has 0 aromatic heterocycles. The molecule has 0 saturated heterocycles. The van der Waals surface area contributed by atoms with Gasteiger partial charge in [-0.2, -0.15) is 0 Å². The van der Waals surface area contributed by atoms with E-state index in [1.54, 1.807) is 0 Å². The molecular weight excluding hydrogens is 639 g/mol. The average Bonchev–Trinajstić information content (AvgIpc) is 3.18. The minimum atomic E-state index is 1.11. The van der Waals surface area contributed by atoms with E-state index in [0.29, 0.717) is 0 Å². The predicted octanol–water partition coefficient (Wildman–Crippen LogP) is 15.0. The van der Waals surface area contributed by atoms with Gasteiger partial charge < -0.3 is 5.32 Å². The summed E-state index contributed by atoms with van der Waals surface area (Å²) in [5.41, 5.74) is 2.22. The van der Waals surface area contributed by atoms with E-state index in [9.17, 15) is 0 Å². The van der Waals surface area contributed by atoms with Crippen LogP contribution in [0.5, 0.6) is 0 Å². The van der Waals surface area contributed by atoms with Crippen LogP contribution >= 0.6 is 0 Å². The van der Waals surface area contributed by atoms with Gasteiger partial charge in [-0.1, -0.05) is 72.8 Å². The van der Waals surface area contributed by atoms with E-state index in [0.717, 1.165) is 11.4 Å². The van der Waals surface area contributed by atoms with Crippen molar-refractivity contribution in [1.29, 1.82) is 0 Å². The molecule has 12 rings (SSSR count). The molecular formula is C52H31N. The summed E-state index contributed by atoms with van der Waals surface area (Å²) in [5, 5.41) is 29.1. The Bertz CT molecular complexity index is 3300. The van der Waals surface area contributed by atoms with Crippen molar-refractivity contribution in [2.24, 2.45) is 0 Å². The van der Waals surface area contributed by atoms with Crippen LogP contribution in [0.3, 0.4) is 0 Å². The zero-order valence-corrected chi connectivity index (χ0v) is 28.8. The summed E-state index contributed by atoms with van der Waals surface area (Å²) >= 11 is 0. The maximum Gasteiger partial charge on any atom is 0.0464 e. The predicted molar refractivity (Wildman–Crippen MR) is 231 cm³/mol. The molecule has 0 atom stereocenters. The molecule has 0 amide bonds. The van der Waals surface area contributed by atoms with Crippen LogP contribution in [0, 0.1) is 0 Å². The number of fused-ring (bicyclic) bond motifs is 10. The first kappa shape index (κ1) is 28.7. The molecule has 0 radical (unpaired) electrons. The van der Waals surface area contributed by atoms with Gasteiger partial charge in [-0.3, -0.25) is 0 Å². The third kappa shape index (κ3) is 4.58. The van der Waals surface area contributed by atoms with Crippen LogP contribution in [0.15, 0.2) is 182 Å². The summed E-state index contributed by atoms with van der Waals surface area (Å²) in [5.74, 6) is 0. The van der Waals surface area contributed by atoms with Gasteiger partial charge in [0.1, 0.15) is 0 Å². The number of nitrogens with one attached hydrogen (secondary N) is 1. The minimum absolute atomic E-state index is 1.11. The third-order valence-corrected chi connectivity index (χ3v) is 11.5.